The van der Waals surface area contributed by atoms with E-state index in [1.54, 1.807) is 21.0 Å². The van der Waals surface area contributed by atoms with E-state index >= 15 is 0 Å². The molecule has 0 N–H and O–H groups in total. The Bertz CT molecular complexity index is 128. The average molecular weight is 225 g/mol. The van der Waals surface area contributed by atoms with Gasteiger partial charge in [-0.05, 0) is 13.8 Å². The third kappa shape index (κ3) is 5.21. The maximum atomic E-state index is 11.0. The van der Waals surface area contributed by atoms with Crippen LogP contribution in [0.4, 0.5) is 0 Å². The fourth-order valence-electron chi connectivity index (χ4n) is 0.389. The predicted octanol–water partition coefficient (Wildman–Crippen LogP) is 1.35. The van der Waals surface area contributed by atoms with E-state index in [0.29, 0.717) is 13.2 Å². The number of rotatable bonds is 4. The maximum absolute atomic E-state index is 11.0. The highest BCUT2D eigenvalue weighted by molar-refractivity contribution is 9.10. The summed E-state index contributed by atoms with van der Waals surface area (Å²) in [6.45, 7) is 4.23. The Balaban J connectivity index is 3.54. The molecule has 0 fully saturated rings. The number of methoxy groups -OCH3 is 1. The summed E-state index contributed by atoms with van der Waals surface area (Å²) >= 11 is 3.18. The molecule has 0 bridgehead atoms. The van der Waals surface area contributed by atoms with E-state index in [1.807, 2.05) is 0 Å². The van der Waals surface area contributed by atoms with Crippen LogP contribution in [-0.4, -0.2) is 30.6 Å². The van der Waals surface area contributed by atoms with Gasteiger partial charge in [-0.25, -0.2) is 0 Å². The summed E-state index contributed by atoms with van der Waals surface area (Å²) in [7, 11) is 1.56. The zero-order chi connectivity index (χ0) is 8.91. The zero-order valence-corrected chi connectivity index (χ0v) is 8.60. The van der Waals surface area contributed by atoms with Gasteiger partial charge >= 0.3 is 5.97 Å². The molecule has 0 saturated carbocycles. The Labute approximate surface area is 75.2 Å². The molecule has 0 amide bonds. The summed E-state index contributed by atoms with van der Waals surface area (Å²) in [6.07, 6.45) is 0. The highest BCUT2D eigenvalue weighted by Crippen LogP contribution is 2.17. The first kappa shape index (κ1) is 10.9. The van der Waals surface area contributed by atoms with Crippen molar-refractivity contribution < 1.29 is 14.3 Å². The van der Waals surface area contributed by atoms with Crippen LogP contribution in [0.25, 0.3) is 0 Å². The van der Waals surface area contributed by atoms with Crippen LogP contribution >= 0.6 is 15.9 Å². The molecule has 11 heavy (non-hydrogen) atoms. The minimum absolute atomic E-state index is 0.269. The molecule has 66 valence electrons. The number of esters is 1. The Kier molecular flexibility index (Phi) is 4.68. The van der Waals surface area contributed by atoms with E-state index in [9.17, 15) is 4.79 Å². The fourth-order valence-corrected chi connectivity index (χ4v) is 0.504. The van der Waals surface area contributed by atoms with Crippen molar-refractivity contribution in [2.45, 2.75) is 18.2 Å². The van der Waals surface area contributed by atoms with Gasteiger partial charge < -0.3 is 9.47 Å². The van der Waals surface area contributed by atoms with Crippen molar-refractivity contribution in [2.24, 2.45) is 0 Å². The molecule has 0 heterocycles. The van der Waals surface area contributed by atoms with Crippen LogP contribution in [-0.2, 0) is 14.3 Å². The number of hydrogen-bond donors (Lipinski definition) is 0. The minimum atomic E-state index is -0.596. The van der Waals surface area contributed by atoms with Gasteiger partial charge in [0.25, 0.3) is 0 Å². The van der Waals surface area contributed by atoms with Crippen LogP contribution in [0, 0.1) is 0 Å². The van der Waals surface area contributed by atoms with E-state index in [0.717, 1.165) is 0 Å². The average Bonchev–Trinajstić information content (AvgIpc) is 1.86. The van der Waals surface area contributed by atoms with E-state index in [1.165, 1.54) is 0 Å². The summed E-state index contributed by atoms with van der Waals surface area (Å²) in [5.74, 6) is -0.269. The second-order valence-electron chi connectivity index (χ2n) is 2.60. The van der Waals surface area contributed by atoms with Gasteiger partial charge in [0.15, 0.2) is 0 Å². The fraction of sp³-hybridized carbons (Fsp3) is 0.857. The van der Waals surface area contributed by atoms with Gasteiger partial charge in [-0.1, -0.05) is 15.9 Å². The van der Waals surface area contributed by atoms with E-state index in [4.69, 9.17) is 9.47 Å². The van der Waals surface area contributed by atoms with Crippen LogP contribution in [0.1, 0.15) is 13.8 Å². The lowest BCUT2D eigenvalue weighted by molar-refractivity contribution is -0.146. The molecule has 0 aromatic rings. The smallest absolute Gasteiger partial charge is 0.322 e. The maximum Gasteiger partial charge on any atom is 0.322 e. The molecule has 0 radical (unpaired) electrons. The van der Waals surface area contributed by atoms with Gasteiger partial charge in [0.05, 0.1) is 6.61 Å². The van der Waals surface area contributed by atoms with Crippen LogP contribution in [0.5, 0.6) is 0 Å². The molecule has 0 spiro atoms. The van der Waals surface area contributed by atoms with Gasteiger partial charge in [0.1, 0.15) is 10.9 Å². The van der Waals surface area contributed by atoms with Gasteiger partial charge in [-0.15, -0.1) is 0 Å². The molecular formula is C7H13BrO3. The third-order valence-electron chi connectivity index (χ3n) is 1.01. The molecule has 0 aliphatic rings. The summed E-state index contributed by atoms with van der Waals surface area (Å²) < 4.78 is 8.95. The monoisotopic (exact) mass is 224 g/mol. The van der Waals surface area contributed by atoms with Gasteiger partial charge in [-0.2, -0.15) is 0 Å². The van der Waals surface area contributed by atoms with Gasteiger partial charge in [-0.3, -0.25) is 4.79 Å². The second-order valence-corrected chi connectivity index (χ2v) is 4.58. The van der Waals surface area contributed by atoms with Crippen molar-refractivity contribution >= 4 is 21.9 Å². The van der Waals surface area contributed by atoms with Crippen molar-refractivity contribution in [2.75, 3.05) is 20.3 Å². The lowest BCUT2D eigenvalue weighted by atomic mass is 10.2. The van der Waals surface area contributed by atoms with Gasteiger partial charge in [0, 0.05) is 7.11 Å². The molecule has 0 saturated heterocycles. The number of hydrogen-bond acceptors (Lipinski definition) is 3. The topological polar surface area (TPSA) is 35.5 Å². The van der Waals surface area contributed by atoms with Crippen molar-refractivity contribution in [1.29, 1.82) is 0 Å². The standard InChI is InChI=1S/C7H13BrO3/c1-7(2,8)6(9)11-5-4-10-3/h4-5H2,1-3H3. The van der Waals surface area contributed by atoms with Crippen LogP contribution in [0.15, 0.2) is 0 Å². The predicted molar refractivity (Wildman–Crippen MR) is 45.8 cm³/mol. The molecular weight excluding hydrogens is 212 g/mol. The second kappa shape index (κ2) is 4.72. The summed E-state index contributed by atoms with van der Waals surface area (Å²) in [6, 6.07) is 0. The van der Waals surface area contributed by atoms with Crippen LogP contribution in [0.3, 0.4) is 0 Å². The van der Waals surface area contributed by atoms with Crippen LogP contribution < -0.4 is 0 Å². The summed E-state index contributed by atoms with van der Waals surface area (Å²) in [5, 5.41) is 0. The molecule has 0 atom stereocenters. The highest BCUT2D eigenvalue weighted by atomic mass is 79.9. The quantitative estimate of drug-likeness (QED) is 0.411. The number of halogens is 1. The van der Waals surface area contributed by atoms with Crippen LogP contribution in [0.2, 0.25) is 0 Å². The number of ether oxygens (including phenoxy) is 2. The lowest BCUT2D eigenvalue weighted by Crippen LogP contribution is -2.27. The minimum Gasteiger partial charge on any atom is -0.462 e. The number of carbonyl (C=O) groups is 1. The van der Waals surface area contributed by atoms with Crippen molar-refractivity contribution in [3.8, 4) is 0 Å². The Morgan fingerprint density at radius 3 is 2.36 bits per heavy atom. The molecule has 4 heteroatoms. The van der Waals surface area contributed by atoms with Gasteiger partial charge in [0.2, 0.25) is 0 Å². The lowest BCUT2D eigenvalue weighted by Gasteiger charge is -2.14. The first-order valence-electron chi connectivity index (χ1n) is 3.33. The summed E-state index contributed by atoms with van der Waals surface area (Å²) in [4.78, 5) is 11.0. The van der Waals surface area contributed by atoms with E-state index in [2.05, 4.69) is 15.9 Å². The van der Waals surface area contributed by atoms with Crippen molar-refractivity contribution in [3.05, 3.63) is 0 Å². The highest BCUT2D eigenvalue weighted by Gasteiger charge is 2.24. The number of carbonyl (C=O) groups excluding carboxylic acids is 1. The molecule has 0 aliphatic carbocycles. The molecule has 0 aromatic carbocycles. The number of alkyl halides is 1. The largest absolute Gasteiger partial charge is 0.462 e. The van der Waals surface area contributed by atoms with E-state index < -0.39 is 4.32 Å². The molecule has 3 nitrogen and oxygen atoms in total. The SMILES string of the molecule is COCCOC(=O)C(C)(C)Br. The zero-order valence-electron chi connectivity index (χ0n) is 7.02. The van der Waals surface area contributed by atoms with E-state index in [-0.39, 0.29) is 5.97 Å². The Morgan fingerprint density at radius 2 is 2.00 bits per heavy atom. The molecule has 0 rings (SSSR count). The first-order valence-corrected chi connectivity index (χ1v) is 4.13. The molecule has 0 unspecified atom stereocenters. The Hall–Kier alpha value is -0.0900. The molecule has 0 aliphatic heterocycles. The Morgan fingerprint density at radius 1 is 1.45 bits per heavy atom. The van der Waals surface area contributed by atoms with Crippen molar-refractivity contribution in [3.63, 3.8) is 0 Å². The third-order valence-corrected chi connectivity index (χ3v) is 1.33. The van der Waals surface area contributed by atoms with Crippen molar-refractivity contribution in [1.82, 2.24) is 0 Å². The summed E-state index contributed by atoms with van der Waals surface area (Å²) in [5.41, 5.74) is 0. The normalized spacial score (nSPS) is 11.3. The first-order chi connectivity index (χ1) is 4.98. The molecule has 0 aromatic heterocycles.